The highest BCUT2D eigenvalue weighted by molar-refractivity contribution is 5.14. The van der Waals surface area contributed by atoms with Crippen LogP contribution in [-0.4, -0.2) is 34.4 Å². The van der Waals surface area contributed by atoms with Gasteiger partial charge in [-0.1, -0.05) is 30.3 Å². The van der Waals surface area contributed by atoms with Crippen molar-refractivity contribution in [2.24, 2.45) is 13.0 Å². The molecule has 0 unspecified atom stereocenters. The first-order chi connectivity index (χ1) is 10.8. The average Bonchev–Trinajstić information content (AvgIpc) is 2.94. The fraction of sp³-hybridized carbons (Fsp3) is 0.500. The zero-order valence-corrected chi connectivity index (χ0v) is 13.3. The standard InChI is InChI=1S/C18H25N3O/c1-20-18(7-10-19-20)15-21(13-16-5-3-2-4-6-16)14-17-8-11-22-12-9-17/h2-7,10,17H,8-9,11-15H2,1H3. The molecule has 4 heteroatoms. The molecule has 1 aromatic carbocycles. The Balaban J connectivity index is 1.68. The lowest BCUT2D eigenvalue weighted by molar-refractivity contribution is 0.0498. The van der Waals surface area contributed by atoms with Gasteiger partial charge in [-0.2, -0.15) is 5.10 Å². The second-order valence-corrected chi connectivity index (χ2v) is 6.16. The van der Waals surface area contributed by atoms with Gasteiger partial charge in [0.1, 0.15) is 0 Å². The highest BCUT2D eigenvalue weighted by atomic mass is 16.5. The minimum Gasteiger partial charge on any atom is -0.381 e. The van der Waals surface area contributed by atoms with Crippen LogP contribution in [0.3, 0.4) is 0 Å². The molecule has 0 spiro atoms. The highest BCUT2D eigenvalue weighted by Crippen LogP contribution is 2.19. The Morgan fingerprint density at radius 1 is 1.14 bits per heavy atom. The predicted octanol–water partition coefficient (Wildman–Crippen LogP) is 2.85. The third-order valence-electron chi connectivity index (χ3n) is 4.41. The van der Waals surface area contributed by atoms with Crippen LogP contribution in [0.5, 0.6) is 0 Å². The van der Waals surface area contributed by atoms with Crippen LogP contribution in [0.1, 0.15) is 24.1 Å². The SMILES string of the molecule is Cn1nccc1CN(Cc1ccccc1)CC1CCOCC1. The number of benzene rings is 1. The van der Waals surface area contributed by atoms with E-state index in [2.05, 4.69) is 46.4 Å². The molecule has 1 aliphatic rings. The number of hydrogen-bond acceptors (Lipinski definition) is 3. The molecule has 3 rings (SSSR count). The first-order valence-corrected chi connectivity index (χ1v) is 8.12. The Kier molecular flexibility index (Phi) is 5.24. The minimum absolute atomic E-state index is 0.741. The Labute approximate surface area is 132 Å². The maximum Gasteiger partial charge on any atom is 0.0521 e. The molecular formula is C18H25N3O. The second kappa shape index (κ2) is 7.56. The quantitative estimate of drug-likeness (QED) is 0.821. The summed E-state index contributed by atoms with van der Waals surface area (Å²) in [6.45, 7) is 4.89. The van der Waals surface area contributed by atoms with Crippen LogP contribution >= 0.6 is 0 Å². The van der Waals surface area contributed by atoms with E-state index in [1.165, 1.54) is 24.1 Å². The molecule has 0 aliphatic carbocycles. The van der Waals surface area contributed by atoms with Crippen LogP contribution in [0.4, 0.5) is 0 Å². The van der Waals surface area contributed by atoms with Crippen molar-refractivity contribution in [1.82, 2.24) is 14.7 Å². The van der Waals surface area contributed by atoms with Crippen molar-refractivity contribution in [3.8, 4) is 0 Å². The number of hydrogen-bond donors (Lipinski definition) is 0. The summed E-state index contributed by atoms with van der Waals surface area (Å²) in [5.74, 6) is 0.741. The van der Waals surface area contributed by atoms with Crippen molar-refractivity contribution in [1.29, 1.82) is 0 Å². The van der Waals surface area contributed by atoms with Crippen LogP contribution in [0.15, 0.2) is 42.6 Å². The van der Waals surface area contributed by atoms with Gasteiger partial charge in [0.2, 0.25) is 0 Å². The summed E-state index contributed by atoms with van der Waals surface area (Å²) in [6.07, 6.45) is 4.23. The third kappa shape index (κ3) is 4.18. The van der Waals surface area contributed by atoms with E-state index in [0.717, 1.165) is 38.8 Å². The van der Waals surface area contributed by atoms with Gasteiger partial charge in [-0.25, -0.2) is 0 Å². The second-order valence-electron chi connectivity index (χ2n) is 6.16. The maximum absolute atomic E-state index is 5.49. The van der Waals surface area contributed by atoms with Gasteiger partial charge in [0.25, 0.3) is 0 Å². The fourth-order valence-electron chi connectivity index (χ4n) is 3.11. The molecule has 1 fully saturated rings. The number of ether oxygens (including phenoxy) is 1. The smallest absolute Gasteiger partial charge is 0.0521 e. The largest absolute Gasteiger partial charge is 0.381 e. The molecule has 2 aromatic rings. The van der Waals surface area contributed by atoms with Crippen LogP contribution in [-0.2, 0) is 24.9 Å². The predicted molar refractivity (Wildman–Crippen MR) is 87.3 cm³/mol. The van der Waals surface area contributed by atoms with Crippen LogP contribution in [0, 0.1) is 5.92 Å². The number of aromatic nitrogens is 2. The molecule has 2 heterocycles. The molecule has 0 N–H and O–H groups in total. The lowest BCUT2D eigenvalue weighted by atomic mass is 9.99. The topological polar surface area (TPSA) is 30.3 Å². The van der Waals surface area contributed by atoms with Crippen molar-refractivity contribution < 1.29 is 4.74 Å². The van der Waals surface area contributed by atoms with Crippen molar-refractivity contribution in [2.75, 3.05) is 19.8 Å². The van der Waals surface area contributed by atoms with E-state index < -0.39 is 0 Å². The molecule has 1 aliphatic heterocycles. The lowest BCUT2D eigenvalue weighted by Crippen LogP contribution is -2.32. The summed E-state index contributed by atoms with van der Waals surface area (Å²) in [4.78, 5) is 2.54. The van der Waals surface area contributed by atoms with Crippen molar-refractivity contribution in [2.45, 2.75) is 25.9 Å². The highest BCUT2D eigenvalue weighted by Gasteiger charge is 2.18. The summed E-state index contributed by atoms with van der Waals surface area (Å²) in [5, 5.41) is 4.29. The van der Waals surface area contributed by atoms with Gasteiger partial charge in [-0.3, -0.25) is 9.58 Å². The fourth-order valence-corrected chi connectivity index (χ4v) is 3.11. The van der Waals surface area contributed by atoms with Gasteiger partial charge in [-0.05, 0) is 30.4 Å². The molecule has 4 nitrogen and oxygen atoms in total. The number of rotatable bonds is 6. The van der Waals surface area contributed by atoms with Crippen LogP contribution in [0.25, 0.3) is 0 Å². The molecule has 118 valence electrons. The number of nitrogens with zero attached hydrogens (tertiary/aromatic N) is 3. The first kappa shape index (κ1) is 15.3. The van der Waals surface area contributed by atoms with Crippen LogP contribution in [0.2, 0.25) is 0 Å². The molecule has 0 saturated carbocycles. The molecule has 1 aromatic heterocycles. The summed E-state index contributed by atoms with van der Waals surface area (Å²) in [7, 11) is 2.02. The van der Waals surface area contributed by atoms with E-state index in [0.29, 0.717) is 0 Å². The molecule has 0 atom stereocenters. The molecular weight excluding hydrogens is 274 g/mol. The zero-order valence-electron chi connectivity index (χ0n) is 13.3. The summed E-state index contributed by atoms with van der Waals surface area (Å²) in [5.41, 5.74) is 2.64. The van der Waals surface area contributed by atoms with E-state index in [1.54, 1.807) is 0 Å². The Hall–Kier alpha value is -1.65. The van der Waals surface area contributed by atoms with E-state index in [-0.39, 0.29) is 0 Å². The molecule has 1 saturated heterocycles. The zero-order chi connectivity index (χ0) is 15.2. The van der Waals surface area contributed by atoms with Gasteiger partial charge in [0, 0.05) is 46.1 Å². The monoisotopic (exact) mass is 299 g/mol. The molecule has 0 radical (unpaired) electrons. The maximum atomic E-state index is 5.49. The normalized spacial score (nSPS) is 16.3. The van der Waals surface area contributed by atoms with Gasteiger partial charge >= 0.3 is 0 Å². The molecule has 0 amide bonds. The number of aryl methyl sites for hydroxylation is 1. The van der Waals surface area contributed by atoms with E-state index in [1.807, 2.05) is 17.9 Å². The third-order valence-corrected chi connectivity index (χ3v) is 4.41. The van der Waals surface area contributed by atoms with Crippen molar-refractivity contribution >= 4 is 0 Å². The Morgan fingerprint density at radius 3 is 2.59 bits per heavy atom. The van der Waals surface area contributed by atoms with E-state index in [9.17, 15) is 0 Å². The first-order valence-electron chi connectivity index (χ1n) is 8.12. The lowest BCUT2D eigenvalue weighted by Gasteiger charge is -2.30. The summed E-state index contributed by atoms with van der Waals surface area (Å²) in [6, 6.07) is 12.8. The minimum atomic E-state index is 0.741. The Morgan fingerprint density at radius 2 is 1.91 bits per heavy atom. The molecule has 0 bridgehead atoms. The van der Waals surface area contributed by atoms with E-state index >= 15 is 0 Å². The Bertz CT molecular complexity index is 561. The van der Waals surface area contributed by atoms with Gasteiger partial charge in [0.15, 0.2) is 0 Å². The van der Waals surface area contributed by atoms with E-state index in [4.69, 9.17) is 4.74 Å². The van der Waals surface area contributed by atoms with Gasteiger partial charge in [0.05, 0.1) is 5.69 Å². The van der Waals surface area contributed by atoms with Gasteiger partial charge in [-0.15, -0.1) is 0 Å². The summed E-state index contributed by atoms with van der Waals surface area (Å²) < 4.78 is 7.47. The van der Waals surface area contributed by atoms with Crippen molar-refractivity contribution in [3.05, 3.63) is 53.9 Å². The molecule has 22 heavy (non-hydrogen) atoms. The van der Waals surface area contributed by atoms with Crippen LogP contribution < -0.4 is 0 Å². The average molecular weight is 299 g/mol. The van der Waals surface area contributed by atoms with Crippen molar-refractivity contribution in [3.63, 3.8) is 0 Å². The van der Waals surface area contributed by atoms with Gasteiger partial charge < -0.3 is 4.74 Å². The summed E-state index contributed by atoms with van der Waals surface area (Å²) >= 11 is 0.